The van der Waals surface area contributed by atoms with Gasteiger partial charge in [-0.05, 0) is 35.0 Å². The third-order valence-corrected chi connectivity index (χ3v) is 5.16. The summed E-state index contributed by atoms with van der Waals surface area (Å²) < 4.78 is 5.18. The molecule has 148 valence electrons. The number of rotatable bonds is 4. The van der Waals surface area contributed by atoms with Crippen LogP contribution < -0.4 is 4.90 Å². The van der Waals surface area contributed by atoms with Crippen molar-refractivity contribution in [3.05, 3.63) is 72.3 Å². The number of esters is 1. The maximum absolute atomic E-state index is 12.4. The fraction of sp³-hybridized carbons (Fsp3) is 0.217. The molecule has 0 saturated carbocycles. The van der Waals surface area contributed by atoms with Crippen molar-refractivity contribution in [2.75, 3.05) is 37.7 Å². The summed E-state index contributed by atoms with van der Waals surface area (Å²) in [6, 6.07) is 20.6. The van der Waals surface area contributed by atoms with Crippen LogP contribution in [0.25, 0.3) is 10.8 Å². The molecule has 4 rings (SSSR count). The number of piperazine rings is 1. The predicted octanol–water partition coefficient (Wildman–Crippen LogP) is 3.05. The Morgan fingerprint density at radius 1 is 0.862 bits per heavy atom. The van der Waals surface area contributed by atoms with Crippen LogP contribution in [0.1, 0.15) is 10.4 Å². The number of carbonyl (C=O) groups excluding carboxylic acids is 2. The molecule has 0 spiro atoms. The highest BCUT2D eigenvalue weighted by Gasteiger charge is 2.23. The van der Waals surface area contributed by atoms with Crippen LogP contribution in [0.5, 0.6) is 5.75 Å². The van der Waals surface area contributed by atoms with E-state index in [2.05, 4.69) is 17.0 Å². The fourth-order valence-corrected chi connectivity index (χ4v) is 3.54. The minimum atomic E-state index is -0.704. The summed E-state index contributed by atoms with van der Waals surface area (Å²) in [6.45, 7) is 2.28. The summed E-state index contributed by atoms with van der Waals surface area (Å²) in [6.07, 6.45) is 0. The number of amides is 1. The first-order valence-corrected chi connectivity index (χ1v) is 9.58. The molecule has 0 aromatic heterocycles. The Hall–Kier alpha value is -3.54. The second kappa shape index (κ2) is 8.22. The SMILES string of the molecule is O=C(OCC(=O)N1CCN(c2ccccc2)CC1)c1cc2ccccc2cc1O. The number of aromatic hydroxyl groups is 1. The van der Waals surface area contributed by atoms with Gasteiger partial charge in [-0.3, -0.25) is 4.79 Å². The summed E-state index contributed by atoms with van der Waals surface area (Å²) in [5.74, 6) is -1.09. The van der Waals surface area contributed by atoms with Crippen LogP contribution >= 0.6 is 0 Å². The zero-order chi connectivity index (χ0) is 20.2. The zero-order valence-electron chi connectivity index (χ0n) is 16.0. The van der Waals surface area contributed by atoms with E-state index in [1.54, 1.807) is 11.0 Å². The first-order valence-electron chi connectivity index (χ1n) is 9.58. The number of fused-ring (bicyclic) bond motifs is 1. The van der Waals surface area contributed by atoms with Gasteiger partial charge in [0.1, 0.15) is 11.3 Å². The normalized spacial score (nSPS) is 14.1. The molecule has 0 radical (unpaired) electrons. The number of benzene rings is 3. The Kier molecular flexibility index (Phi) is 5.33. The number of ether oxygens (including phenoxy) is 1. The second-order valence-corrected chi connectivity index (χ2v) is 7.00. The van der Waals surface area contributed by atoms with Crippen molar-refractivity contribution in [3.63, 3.8) is 0 Å². The van der Waals surface area contributed by atoms with E-state index in [4.69, 9.17) is 4.74 Å². The van der Waals surface area contributed by atoms with Crippen molar-refractivity contribution in [3.8, 4) is 5.75 Å². The van der Waals surface area contributed by atoms with Crippen LogP contribution in [0.4, 0.5) is 5.69 Å². The van der Waals surface area contributed by atoms with E-state index >= 15 is 0 Å². The maximum Gasteiger partial charge on any atom is 0.342 e. The molecule has 3 aromatic carbocycles. The molecule has 0 aliphatic carbocycles. The van der Waals surface area contributed by atoms with Crippen LogP contribution in [-0.4, -0.2) is 54.7 Å². The number of carbonyl (C=O) groups is 2. The minimum Gasteiger partial charge on any atom is -0.507 e. The minimum absolute atomic E-state index is 0.0606. The van der Waals surface area contributed by atoms with E-state index in [1.165, 1.54) is 6.07 Å². The standard InChI is InChI=1S/C23H22N2O4/c26-21-15-18-7-5-4-6-17(18)14-20(21)23(28)29-16-22(27)25-12-10-24(11-13-25)19-8-2-1-3-9-19/h1-9,14-15,26H,10-13,16H2. The lowest BCUT2D eigenvalue weighted by molar-refractivity contribution is -0.134. The van der Waals surface area contributed by atoms with Crippen LogP contribution in [0.3, 0.4) is 0 Å². The van der Waals surface area contributed by atoms with Crippen molar-refractivity contribution in [1.29, 1.82) is 0 Å². The molecule has 3 aromatic rings. The number of anilines is 1. The third-order valence-electron chi connectivity index (χ3n) is 5.16. The molecule has 0 unspecified atom stereocenters. The van der Waals surface area contributed by atoms with Gasteiger partial charge >= 0.3 is 5.97 Å². The van der Waals surface area contributed by atoms with Crippen molar-refractivity contribution >= 4 is 28.3 Å². The Morgan fingerprint density at radius 3 is 2.17 bits per heavy atom. The summed E-state index contributed by atoms with van der Waals surface area (Å²) in [4.78, 5) is 28.7. The number of phenols is 1. The lowest BCUT2D eigenvalue weighted by Crippen LogP contribution is -2.49. The second-order valence-electron chi connectivity index (χ2n) is 7.00. The van der Waals surface area contributed by atoms with Crippen molar-refractivity contribution < 1.29 is 19.4 Å². The smallest absolute Gasteiger partial charge is 0.342 e. The fourth-order valence-electron chi connectivity index (χ4n) is 3.54. The van der Waals surface area contributed by atoms with Gasteiger partial charge in [-0.25, -0.2) is 4.79 Å². The van der Waals surface area contributed by atoms with E-state index in [0.717, 1.165) is 29.5 Å². The number of phenolic OH excluding ortho intramolecular Hbond substituents is 1. The van der Waals surface area contributed by atoms with Gasteiger partial charge in [0, 0.05) is 31.9 Å². The Labute approximate surface area is 168 Å². The van der Waals surface area contributed by atoms with Crippen LogP contribution in [0, 0.1) is 0 Å². The highest BCUT2D eigenvalue weighted by Crippen LogP contribution is 2.25. The average Bonchev–Trinajstić information content (AvgIpc) is 2.77. The number of hydrogen-bond acceptors (Lipinski definition) is 5. The summed E-state index contributed by atoms with van der Waals surface area (Å²) >= 11 is 0. The molecule has 0 atom stereocenters. The van der Waals surface area contributed by atoms with E-state index < -0.39 is 5.97 Å². The summed E-state index contributed by atoms with van der Waals surface area (Å²) in [5, 5.41) is 11.8. The number of hydrogen-bond donors (Lipinski definition) is 1. The monoisotopic (exact) mass is 390 g/mol. The van der Waals surface area contributed by atoms with Crippen LogP contribution in [0.2, 0.25) is 0 Å². The van der Waals surface area contributed by atoms with Crippen molar-refractivity contribution in [1.82, 2.24) is 4.90 Å². The highest BCUT2D eigenvalue weighted by molar-refractivity contribution is 5.99. The van der Waals surface area contributed by atoms with Gasteiger partial charge in [0.25, 0.3) is 5.91 Å². The highest BCUT2D eigenvalue weighted by atomic mass is 16.5. The van der Waals surface area contributed by atoms with Gasteiger partial charge < -0.3 is 19.6 Å². The largest absolute Gasteiger partial charge is 0.507 e. The molecule has 1 amide bonds. The summed E-state index contributed by atoms with van der Waals surface area (Å²) in [7, 11) is 0. The molecule has 0 bridgehead atoms. The van der Waals surface area contributed by atoms with E-state index in [1.807, 2.05) is 42.5 Å². The lowest BCUT2D eigenvalue weighted by atomic mass is 10.1. The molecule has 29 heavy (non-hydrogen) atoms. The molecule has 6 nitrogen and oxygen atoms in total. The molecule has 1 aliphatic rings. The molecule has 1 saturated heterocycles. The Bertz CT molecular complexity index is 1030. The number of para-hydroxylation sites is 1. The topological polar surface area (TPSA) is 70.1 Å². The molecule has 1 N–H and O–H groups in total. The molecular formula is C23H22N2O4. The Balaban J connectivity index is 1.33. The van der Waals surface area contributed by atoms with Gasteiger partial charge in [0.15, 0.2) is 6.61 Å². The van der Waals surface area contributed by atoms with E-state index in [9.17, 15) is 14.7 Å². The number of nitrogens with zero attached hydrogens (tertiary/aromatic N) is 2. The van der Waals surface area contributed by atoms with Crippen molar-refractivity contribution in [2.45, 2.75) is 0 Å². The maximum atomic E-state index is 12.4. The predicted molar refractivity (Wildman–Crippen MR) is 111 cm³/mol. The van der Waals surface area contributed by atoms with Crippen LogP contribution in [0.15, 0.2) is 66.7 Å². The molecule has 1 aliphatic heterocycles. The lowest BCUT2D eigenvalue weighted by Gasteiger charge is -2.36. The summed E-state index contributed by atoms with van der Waals surface area (Å²) in [5.41, 5.74) is 1.20. The first-order chi connectivity index (χ1) is 14.1. The quantitative estimate of drug-likeness (QED) is 0.694. The van der Waals surface area contributed by atoms with E-state index in [0.29, 0.717) is 13.1 Å². The Morgan fingerprint density at radius 2 is 1.48 bits per heavy atom. The third kappa shape index (κ3) is 4.16. The average molecular weight is 390 g/mol. The van der Waals surface area contributed by atoms with Crippen LogP contribution in [-0.2, 0) is 9.53 Å². The molecular weight excluding hydrogens is 368 g/mol. The molecule has 1 fully saturated rings. The van der Waals surface area contributed by atoms with Gasteiger partial charge in [0.2, 0.25) is 0 Å². The van der Waals surface area contributed by atoms with Gasteiger partial charge in [-0.1, -0.05) is 42.5 Å². The van der Waals surface area contributed by atoms with Crippen molar-refractivity contribution in [2.24, 2.45) is 0 Å². The molecule has 6 heteroatoms. The first kappa shape index (κ1) is 18.8. The van der Waals surface area contributed by atoms with Gasteiger partial charge in [-0.15, -0.1) is 0 Å². The molecule has 1 heterocycles. The van der Waals surface area contributed by atoms with Gasteiger partial charge in [0.05, 0.1) is 0 Å². The zero-order valence-corrected chi connectivity index (χ0v) is 16.0. The van der Waals surface area contributed by atoms with E-state index in [-0.39, 0.29) is 23.8 Å². The van der Waals surface area contributed by atoms with Gasteiger partial charge in [-0.2, -0.15) is 0 Å².